The number of aromatic nitrogens is 2. The van der Waals surface area contributed by atoms with Crippen molar-refractivity contribution in [2.24, 2.45) is 0 Å². The highest BCUT2D eigenvalue weighted by Gasteiger charge is 2.09. The van der Waals surface area contributed by atoms with Crippen molar-refractivity contribution in [3.05, 3.63) is 58.7 Å². The maximum atomic E-state index is 3.51. The van der Waals surface area contributed by atoms with E-state index in [-0.39, 0.29) is 0 Å². The van der Waals surface area contributed by atoms with Gasteiger partial charge in [-0.2, -0.15) is 0 Å². The van der Waals surface area contributed by atoms with Crippen molar-refractivity contribution in [2.75, 3.05) is 0 Å². The lowest BCUT2D eigenvalue weighted by Crippen LogP contribution is -1.98. The fourth-order valence-electron chi connectivity index (χ4n) is 2.63. The van der Waals surface area contributed by atoms with E-state index < -0.39 is 0 Å². The number of rotatable bonds is 0. The number of fused-ring (bicyclic) bond motifs is 4. The van der Waals surface area contributed by atoms with Crippen LogP contribution in [0.3, 0.4) is 0 Å². The second kappa shape index (κ2) is 2.92. The number of aromatic amines is 2. The molecular weight excluding hydrogens is 208 g/mol. The first-order chi connectivity index (χ1) is 8.34. The lowest BCUT2D eigenvalue weighted by molar-refractivity contribution is 1.19. The average molecular weight is 220 g/mol. The van der Waals surface area contributed by atoms with Gasteiger partial charge in [-0.05, 0) is 24.6 Å². The Labute approximate surface area is 97.9 Å². The molecule has 0 saturated heterocycles. The number of hydrogen-bond donors (Lipinski definition) is 2. The zero-order chi connectivity index (χ0) is 11.4. The number of H-pyrrole nitrogens is 2. The Balaban J connectivity index is 2.31. The van der Waals surface area contributed by atoms with E-state index in [1.54, 1.807) is 0 Å². The Kier molecular flexibility index (Phi) is 1.52. The fraction of sp³-hybridized carbons (Fsp3) is 0.0667. The van der Waals surface area contributed by atoms with E-state index in [1.165, 1.54) is 27.0 Å². The summed E-state index contributed by atoms with van der Waals surface area (Å²) in [5, 5.41) is 5.13. The van der Waals surface area contributed by atoms with E-state index in [4.69, 9.17) is 0 Å². The summed E-state index contributed by atoms with van der Waals surface area (Å²) in [5.41, 5.74) is 3.63. The maximum Gasteiger partial charge on any atom is 0.0713 e. The highest BCUT2D eigenvalue weighted by Crippen LogP contribution is 2.26. The van der Waals surface area contributed by atoms with Crippen molar-refractivity contribution in [3.63, 3.8) is 0 Å². The molecule has 2 nitrogen and oxygen atoms in total. The van der Waals surface area contributed by atoms with Crippen molar-refractivity contribution in [1.29, 1.82) is 0 Å². The summed E-state index contributed by atoms with van der Waals surface area (Å²) >= 11 is 0. The minimum atomic E-state index is 1.15. The smallest absolute Gasteiger partial charge is 0.0713 e. The first-order valence-electron chi connectivity index (χ1n) is 5.82. The summed E-state index contributed by atoms with van der Waals surface area (Å²) in [5.74, 6) is 0. The molecule has 2 N–H and O–H groups in total. The summed E-state index contributed by atoms with van der Waals surface area (Å²) in [6, 6.07) is 14.7. The van der Waals surface area contributed by atoms with Gasteiger partial charge in [-0.15, -0.1) is 0 Å². The SMILES string of the molecule is Cc1cccc2c3[nH]c4ccccc4[nH]c=3c12. The molecule has 0 spiro atoms. The Morgan fingerprint density at radius 3 is 2.24 bits per heavy atom. The predicted molar refractivity (Wildman–Crippen MR) is 70.2 cm³/mol. The lowest BCUT2D eigenvalue weighted by Gasteiger charge is -2.12. The molecule has 0 atom stereocenters. The van der Waals surface area contributed by atoms with Crippen LogP contribution in [0, 0.1) is 17.6 Å². The van der Waals surface area contributed by atoms with E-state index in [1.807, 2.05) is 0 Å². The van der Waals surface area contributed by atoms with E-state index in [0.717, 1.165) is 11.0 Å². The van der Waals surface area contributed by atoms with Crippen molar-refractivity contribution in [3.8, 4) is 0 Å². The number of benzene rings is 2. The molecule has 2 aromatic rings. The van der Waals surface area contributed by atoms with E-state index in [2.05, 4.69) is 59.4 Å². The van der Waals surface area contributed by atoms with Crippen LogP contribution in [0.15, 0.2) is 42.5 Å². The van der Waals surface area contributed by atoms with Crippen LogP contribution < -0.4 is 0 Å². The van der Waals surface area contributed by atoms with Crippen LogP contribution in [-0.2, 0) is 0 Å². The van der Waals surface area contributed by atoms with Crippen LogP contribution in [0.25, 0.3) is 21.8 Å². The third-order valence-electron chi connectivity index (χ3n) is 3.49. The molecule has 2 heteroatoms. The fourth-order valence-corrected chi connectivity index (χ4v) is 2.63. The zero-order valence-electron chi connectivity index (χ0n) is 9.54. The van der Waals surface area contributed by atoms with Crippen LogP contribution in [-0.4, -0.2) is 9.97 Å². The summed E-state index contributed by atoms with van der Waals surface area (Å²) in [4.78, 5) is 7.01. The molecular formula is C15H12N2. The van der Waals surface area contributed by atoms with Gasteiger partial charge in [0.05, 0.1) is 21.7 Å². The number of hydrogen-bond acceptors (Lipinski definition) is 0. The molecule has 1 aliphatic heterocycles. The molecule has 1 heterocycles. The second-order valence-electron chi connectivity index (χ2n) is 4.54. The largest absolute Gasteiger partial charge is 0.352 e. The van der Waals surface area contributed by atoms with Crippen molar-refractivity contribution in [1.82, 2.24) is 9.97 Å². The van der Waals surface area contributed by atoms with E-state index in [0.29, 0.717) is 0 Å². The van der Waals surface area contributed by atoms with Crippen LogP contribution in [0.5, 0.6) is 0 Å². The summed E-state index contributed by atoms with van der Waals surface area (Å²) < 4.78 is 0. The summed E-state index contributed by atoms with van der Waals surface area (Å²) in [7, 11) is 0. The standard InChI is InChI=1S/C15H12N2/c1-9-5-4-6-10-13(9)15-14(10)16-11-7-2-3-8-12(11)17-15/h2-8,16-17H,1H3. The Bertz CT molecular complexity index is 896. The third kappa shape index (κ3) is 1.04. The van der Waals surface area contributed by atoms with Gasteiger partial charge in [0.25, 0.3) is 0 Å². The Morgan fingerprint density at radius 2 is 1.47 bits per heavy atom. The molecule has 0 bridgehead atoms. The number of para-hydroxylation sites is 2. The second-order valence-corrected chi connectivity index (χ2v) is 4.54. The first-order valence-corrected chi connectivity index (χ1v) is 5.82. The molecule has 4 rings (SSSR count). The molecule has 0 unspecified atom stereocenters. The van der Waals surface area contributed by atoms with Gasteiger partial charge >= 0.3 is 0 Å². The van der Waals surface area contributed by atoms with Gasteiger partial charge in [-0.3, -0.25) is 0 Å². The van der Waals surface area contributed by atoms with Gasteiger partial charge < -0.3 is 9.97 Å². The van der Waals surface area contributed by atoms with Gasteiger partial charge in [0.1, 0.15) is 0 Å². The van der Waals surface area contributed by atoms with E-state index >= 15 is 0 Å². The number of nitrogens with one attached hydrogen (secondary N) is 2. The molecule has 1 aliphatic carbocycles. The van der Waals surface area contributed by atoms with Crippen LogP contribution in [0.1, 0.15) is 5.56 Å². The minimum Gasteiger partial charge on any atom is -0.352 e. The van der Waals surface area contributed by atoms with Crippen LogP contribution in [0.2, 0.25) is 0 Å². The van der Waals surface area contributed by atoms with Gasteiger partial charge in [-0.1, -0.05) is 30.3 Å². The first kappa shape index (κ1) is 8.88. The maximum absolute atomic E-state index is 3.51. The molecule has 0 fully saturated rings. The quantitative estimate of drug-likeness (QED) is 0.453. The van der Waals surface area contributed by atoms with Crippen molar-refractivity contribution >= 4 is 21.8 Å². The van der Waals surface area contributed by atoms with Crippen LogP contribution >= 0.6 is 0 Å². The zero-order valence-corrected chi connectivity index (χ0v) is 9.54. The highest BCUT2D eigenvalue weighted by atomic mass is 14.8. The number of aryl methyl sites for hydroxylation is 1. The highest BCUT2D eigenvalue weighted by molar-refractivity contribution is 5.92. The monoisotopic (exact) mass is 220 g/mol. The molecule has 0 aromatic heterocycles. The van der Waals surface area contributed by atoms with Gasteiger partial charge in [0, 0.05) is 10.8 Å². The van der Waals surface area contributed by atoms with Gasteiger partial charge in [0.15, 0.2) is 0 Å². The van der Waals surface area contributed by atoms with Crippen LogP contribution in [0.4, 0.5) is 0 Å². The Hall–Kier alpha value is -2.22. The Morgan fingerprint density at radius 1 is 0.765 bits per heavy atom. The molecule has 2 aliphatic rings. The molecule has 0 radical (unpaired) electrons. The molecule has 82 valence electrons. The average Bonchev–Trinajstić information content (AvgIpc) is 2.35. The van der Waals surface area contributed by atoms with Crippen molar-refractivity contribution < 1.29 is 0 Å². The van der Waals surface area contributed by atoms with Gasteiger partial charge in [0.2, 0.25) is 0 Å². The molecule has 0 amide bonds. The third-order valence-corrected chi connectivity index (χ3v) is 3.49. The lowest BCUT2D eigenvalue weighted by atomic mass is 10.0. The van der Waals surface area contributed by atoms with E-state index in [9.17, 15) is 0 Å². The summed E-state index contributed by atoms with van der Waals surface area (Å²) in [6.07, 6.45) is 0. The van der Waals surface area contributed by atoms with Crippen molar-refractivity contribution in [2.45, 2.75) is 6.92 Å². The minimum absolute atomic E-state index is 1.15. The molecule has 0 saturated carbocycles. The molecule has 17 heavy (non-hydrogen) atoms. The predicted octanol–water partition coefficient (Wildman–Crippen LogP) is 3.68. The molecule has 2 aromatic carbocycles. The van der Waals surface area contributed by atoms with Gasteiger partial charge in [-0.25, -0.2) is 0 Å². The normalized spacial score (nSPS) is 11.8. The summed E-state index contributed by atoms with van der Waals surface area (Å²) in [6.45, 7) is 2.16. The topological polar surface area (TPSA) is 31.6 Å².